The lowest BCUT2D eigenvalue weighted by Crippen LogP contribution is -2.57. The highest BCUT2D eigenvalue weighted by Gasteiger charge is 2.33. The van der Waals surface area contributed by atoms with Crippen LogP contribution >= 0.6 is 0 Å². The number of halogens is 2. The van der Waals surface area contributed by atoms with Gasteiger partial charge in [-0.2, -0.15) is 0 Å². The van der Waals surface area contributed by atoms with Crippen molar-refractivity contribution in [1.29, 1.82) is 0 Å². The molecule has 0 radical (unpaired) electrons. The van der Waals surface area contributed by atoms with Gasteiger partial charge in [0.25, 0.3) is 5.91 Å². The maximum Gasteiger partial charge on any atom is 0.257 e. The molecule has 0 saturated carbocycles. The van der Waals surface area contributed by atoms with Gasteiger partial charge in [-0.1, -0.05) is 38.1 Å². The minimum atomic E-state index is -0.976. The van der Waals surface area contributed by atoms with Gasteiger partial charge in [0, 0.05) is 38.4 Å². The van der Waals surface area contributed by atoms with E-state index in [2.05, 4.69) is 5.32 Å². The average molecular weight is 485 g/mol. The number of anilines is 1. The zero-order chi connectivity index (χ0) is 25.1. The highest BCUT2D eigenvalue weighted by molar-refractivity contribution is 5.98. The molecule has 0 aromatic heterocycles. The van der Waals surface area contributed by atoms with Gasteiger partial charge in [0.1, 0.15) is 23.2 Å². The van der Waals surface area contributed by atoms with Crippen LogP contribution in [0.1, 0.15) is 29.8 Å². The Balaban J connectivity index is 1.33. The molecule has 0 aliphatic carbocycles. The first-order valence-electron chi connectivity index (χ1n) is 11.9. The third-order valence-corrected chi connectivity index (χ3v) is 6.64. The first-order valence-corrected chi connectivity index (χ1v) is 11.9. The molecule has 1 fully saturated rings. The van der Waals surface area contributed by atoms with E-state index in [0.717, 1.165) is 24.2 Å². The Hall–Kier alpha value is -3.33. The minimum Gasteiger partial charge on any atom is -0.340 e. The van der Waals surface area contributed by atoms with Crippen molar-refractivity contribution < 1.29 is 23.2 Å². The van der Waals surface area contributed by atoms with Crippen molar-refractivity contribution in [3.8, 4) is 0 Å². The molecular formula is C26H30F2N4O3. The summed E-state index contributed by atoms with van der Waals surface area (Å²) in [5.41, 5.74) is 1.44. The van der Waals surface area contributed by atoms with Crippen LogP contribution in [-0.4, -0.2) is 72.8 Å². The molecule has 2 aliphatic heterocycles. The Morgan fingerprint density at radius 3 is 2.23 bits per heavy atom. The molecule has 1 saturated heterocycles. The number of amides is 3. The fraction of sp³-hybridized carbons (Fsp3) is 0.423. The standard InChI is InChI=1S/C26H30F2N4O3/c1-17(2)24(29-25(34)23-19(27)7-5-8-20(23)28)26(35)31-14-12-30(13-15-31)16-22(33)32-11-10-18-6-3-4-9-21(18)32/h3-9,17,24H,10-16H2,1-2H3,(H,29,34). The molecule has 2 aliphatic rings. The van der Waals surface area contributed by atoms with Crippen molar-refractivity contribution in [1.82, 2.24) is 15.1 Å². The SMILES string of the molecule is CC(C)C(NC(=O)c1c(F)cccc1F)C(=O)N1CCN(CC(=O)N2CCc3ccccc32)CC1. The smallest absolute Gasteiger partial charge is 0.257 e. The summed E-state index contributed by atoms with van der Waals surface area (Å²) >= 11 is 0. The van der Waals surface area contributed by atoms with Crippen LogP contribution in [0.4, 0.5) is 14.5 Å². The molecule has 1 atom stereocenters. The number of hydrogen-bond acceptors (Lipinski definition) is 4. The van der Waals surface area contributed by atoms with E-state index in [4.69, 9.17) is 0 Å². The number of hydrogen-bond donors (Lipinski definition) is 1. The zero-order valence-electron chi connectivity index (χ0n) is 20.0. The van der Waals surface area contributed by atoms with Crippen LogP contribution in [0.3, 0.4) is 0 Å². The normalized spacial score (nSPS) is 16.8. The lowest BCUT2D eigenvalue weighted by Gasteiger charge is -2.37. The van der Waals surface area contributed by atoms with Crippen molar-refractivity contribution in [2.75, 3.05) is 44.2 Å². The van der Waals surface area contributed by atoms with Gasteiger partial charge in [-0.3, -0.25) is 19.3 Å². The summed E-state index contributed by atoms with van der Waals surface area (Å²) in [4.78, 5) is 44.1. The number of nitrogens with one attached hydrogen (secondary N) is 1. The molecule has 3 amide bonds. The second kappa shape index (κ2) is 10.5. The van der Waals surface area contributed by atoms with Gasteiger partial charge in [-0.15, -0.1) is 0 Å². The minimum absolute atomic E-state index is 0.0361. The van der Waals surface area contributed by atoms with Crippen LogP contribution in [0.5, 0.6) is 0 Å². The number of para-hydroxylation sites is 1. The summed E-state index contributed by atoms with van der Waals surface area (Å²) in [6, 6.07) is 10.2. The van der Waals surface area contributed by atoms with Gasteiger partial charge in [0.15, 0.2) is 0 Å². The van der Waals surface area contributed by atoms with Crippen molar-refractivity contribution in [3.63, 3.8) is 0 Å². The van der Waals surface area contributed by atoms with Crippen molar-refractivity contribution in [3.05, 3.63) is 65.2 Å². The molecule has 2 aromatic carbocycles. The number of carbonyl (C=O) groups is 3. The van der Waals surface area contributed by atoms with Crippen LogP contribution in [0.2, 0.25) is 0 Å². The van der Waals surface area contributed by atoms with Crippen LogP contribution in [0.25, 0.3) is 0 Å². The van der Waals surface area contributed by atoms with Gasteiger partial charge in [-0.05, 0) is 36.1 Å². The summed E-state index contributed by atoms with van der Waals surface area (Å²) in [7, 11) is 0. The van der Waals surface area contributed by atoms with E-state index >= 15 is 0 Å². The van der Waals surface area contributed by atoms with Crippen LogP contribution < -0.4 is 10.2 Å². The first kappa shape index (κ1) is 24.8. The predicted octanol–water partition coefficient (Wildman–Crippen LogP) is 2.45. The fourth-order valence-electron chi connectivity index (χ4n) is 4.64. The molecule has 0 bridgehead atoms. The number of fused-ring (bicyclic) bond motifs is 1. The van der Waals surface area contributed by atoms with Gasteiger partial charge in [-0.25, -0.2) is 8.78 Å². The number of nitrogens with zero attached hydrogens (tertiary/aromatic N) is 3. The molecule has 35 heavy (non-hydrogen) atoms. The second-order valence-electron chi connectivity index (χ2n) is 9.32. The van der Waals surface area contributed by atoms with Crippen molar-refractivity contribution in [2.45, 2.75) is 26.3 Å². The van der Waals surface area contributed by atoms with Gasteiger partial charge < -0.3 is 15.1 Å². The number of piperazine rings is 1. The lowest BCUT2D eigenvalue weighted by atomic mass is 10.0. The Bertz CT molecular complexity index is 1100. The van der Waals surface area contributed by atoms with Crippen molar-refractivity contribution >= 4 is 23.4 Å². The van der Waals surface area contributed by atoms with Crippen LogP contribution in [0.15, 0.2) is 42.5 Å². The molecule has 9 heteroatoms. The Labute approximate surface area is 203 Å². The summed E-state index contributed by atoms with van der Waals surface area (Å²) in [6.45, 7) is 6.32. The quantitative estimate of drug-likeness (QED) is 0.684. The van der Waals surface area contributed by atoms with E-state index < -0.39 is 29.1 Å². The largest absolute Gasteiger partial charge is 0.340 e. The Kier molecular flexibility index (Phi) is 7.45. The van der Waals surface area contributed by atoms with E-state index in [1.807, 2.05) is 34.1 Å². The third kappa shape index (κ3) is 5.35. The molecule has 2 heterocycles. The zero-order valence-corrected chi connectivity index (χ0v) is 20.0. The van der Waals surface area contributed by atoms with E-state index in [0.29, 0.717) is 32.7 Å². The highest BCUT2D eigenvalue weighted by atomic mass is 19.1. The van der Waals surface area contributed by atoms with Crippen LogP contribution in [-0.2, 0) is 16.0 Å². The molecule has 1 unspecified atom stereocenters. The third-order valence-electron chi connectivity index (χ3n) is 6.64. The molecule has 0 spiro atoms. The summed E-state index contributed by atoms with van der Waals surface area (Å²) < 4.78 is 28.0. The molecule has 1 N–H and O–H groups in total. The Morgan fingerprint density at radius 1 is 0.914 bits per heavy atom. The number of carbonyl (C=O) groups excluding carboxylic acids is 3. The molecule has 7 nitrogen and oxygen atoms in total. The van der Waals surface area contributed by atoms with E-state index in [1.165, 1.54) is 11.6 Å². The highest BCUT2D eigenvalue weighted by Crippen LogP contribution is 2.27. The number of benzene rings is 2. The van der Waals surface area contributed by atoms with E-state index in [9.17, 15) is 23.2 Å². The van der Waals surface area contributed by atoms with Crippen LogP contribution in [0, 0.1) is 17.6 Å². The van der Waals surface area contributed by atoms with E-state index in [1.54, 1.807) is 18.7 Å². The van der Waals surface area contributed by atoms with E-state index in [-0.39, 0.29) is 24.3 Å². The molecule has 2 aromatic rings. The average Bonchev–Trinajstić information content (AvgIpc) is 3.27. The van der Waals surface area contributed by atoms with Gasteiger partial charge in [0.2, 0.25) is 11.8 Å². The van der Waals surface area contributed by atoms with Crippen molar-refractivity contribution in [2.24, 2.45) is 5.92 Å². The van der Waals surface area contributed by atoms with Gasteiger partial charge in [0.05, 0.1) is 6.54 Å². The first-order chi connectivity index (χ1) is 16.8. The second-order valence-corrected chi connectivity index (χ2v) is 9.32. The van der Waals surface area contributed by atoms with Gasteiger partial charge >= 0.3 is 0 Å². The maximum atomic E-state index is 14.0. The predicted molar refractivity (Wildman–Crippen MR) is 128 cm³/mol. The summed E-state index contributed by atoms with van der Waals surface area (Å²) in [5, 5.41) is 2.52. The molecule has 186 valence electrons. The summed E-state index contributed by atoms with van der Waals surface area (Å²) in [6.07, 6.45) is 0.850. The summed E-state index contributed by atoms with van der Waals surface area (Å²) in [5.74, 6) is -3.45. The fourth-order valence-corrected chi connectivity index (χ4v) is 4.64. The monoisotopic (exact) mass is 484 g/mol. The lowest BCUT2D eigenvalue weighted by molar-refractivity contribution is -0.136. The molecular weight excluding hydrogens is 454 g/mol. The maximum absolute atomic E-state index is 14.0. The Morgan fingerprint density at radius 2 is 1.57 bits per heavy atom. The topological polar surface area (TPSA) is 73.0 Å². The number of rotatable bonds is 6. The molecule has 4 rings (SSSR count).